The second-order valence-electron chi connectivity index (χ2n) is 6.51. The number of rotatable bonds is 5. The maximum absolute atomic E-state index is 9.96. The second kappa shape index (κ2) is 6.19. The third-order valence-electron chi connectivity index (χ3n) is 4.63. The fourth-order valence-electron chi connectivity index (χ4n) is 3.57. The van der Waals surface area contributed by atoms with Gasteiger partial charge in [-0.2, -0.15) is 0 Å². The Morgan fingerprint density at radius 1 is 1.29 bits per heavy atom. The molecule has 0 amide bonds. The van der Waals surface area contributed by atoms with E-state index in [1.165, 1.54) is 12.8 Å². The standard InChI is InChI=1S/C15H31NO/c1-6-13(5)16-15(10-17)9-12(4)7-8-14(15)11(2)3/h11-14,16-17H,6-10H2,1-5H3. The van der Waals surface area contributed by atoms with E-state index in [1.54, 1.807) is 0 Å². The molecule has 4 unspecified atom stereocenters. The van der Waals surface area contributed by atoms with Crippen LogP contribution in [0.2, 0.25) is 0 Å². The van der Waals surface area contributed by atoms with E-state index in [4.69, 9.17) is 0 Å². The molecule has 0 bridgehead atoms. The molecule has 1 aliphatic carbocycles. The van der Waals surface area contributed by atoms with Gasteiger partial charge >= 0.3 is 0 Å². The van der Waals surface area contributed by atoms with Crippen molar-refractivity contribution in [3.63, 3.8) is 0 Å². The summed E-state index contributed by atoms with van der Waals surface area (Å²) in [7, 11) is 0. The summed E-state index contributed by atoms with van der Waals surface area (Å²) in [4.78, 5) is 0. The minimum atomic E-state index is -0.0404. The van der Waals surface area contributed by atoms with E-state index < -0.39 is 0 Å². The average molecular weight is 241 g/mol. The Kier molecular flexibility index (Phi) is 5.46. The lowest BCUT2D eigenvalue weighted by molar-refractivity contribution is 0.0160. The maximum atomic E-state index is 9.96. The lowest BCUT2D eigenvalue weighted by Gasteiger charge is -2.49. The Morgan fingerprint density at radius 3 is 2.41 bits per heavy atom. The first-order valence-electron chi connectivity index (χ1n) is 7.33. The predicted octanol–water partition coefficient (Wildman–Crippen LogP) is 3.20. The highest BCUT2D eigenvalue weighted by molar-refractivity contribution is 5.00. The topological polar surface area (TPSA) is 32.3 Å². The molecule has 4 atom stereocenters. The average Bonchev–Trinajstić information content (AvgIpc) is 2.28. The van der Waals surface area contributed by atoms with E-state index in [0.717, 1.165) is 18.8 Å². The second-order valence-corrected chi connectivity index (χ2v) is 6.51. The van der Waals surface area contributed by atoms with Crippen molar-refractivity contribution in [2.24, 2.45) is 17.8 Å². The molecule has 1 saturated carbocycles. The molecule has 0 aromatic heterocycles. The lowest BCUT2D eigenvalue weighted by Crippen LogP contribution is -2.60. The molecule has 2 nitrogen and oxygen atoms in total. The minimum absolute atomic E-state index is 0.0404. The van der Waals surface area contributed by atoms with Crippen LogP contribution in [0.15, 0.2) is 0 Å². The molecule has 0 spiro atoms. The van der Waals surface area contributed by atoms with Crippen LogP contribution in [0.25, 0.3) is 0 Å². The van der Waals surface area contributed by atoms with Gasteiger partial charge in [0.25, 0.3) is 0 Å². The van der Waals surface area contributed by atoms with E-state index in [0.29, 0.717) is 17.9 Å². The molecule has 0 aromatic rings. The van der Waals surface area contributed by atoms with Gasteiger partial charge in [0.15, 0.2) is 0 Å². The highest BCUT2D eigenvalue weighted by Crippen LogP contribution is 2.41. The van der Waals surface area contributed by atoms with Crippen molar-refractivity contribution in [2.45, 2.75) is 71.9 Å². The highest BCUT2D eigenvalue weighted by atomic mass is 16.3. The summed E-state index contributed by atoms with van der Waals surface area (Å²) < 4.78 is 0. The quantitative estimate of drug-likeness (QED) is 0.775. The molecule has 0 saturated heterocycles. The Bertz CT molecular complexity index is 229. The first-order chi connectivity index (χ1) is 7.95. The molecule has 0 aromatic carbocycles. The zero-order chi connectivity index (χ0) is 13.1. The number of aliphatic hydroxyl groups excluding tert-OH is 1. The van der Waals surface area contributed by atoms with Gasteiger partial charge < -0.3 is 10.4 Å². The van der Waals surface area contributed by atoms with Gasteiger partial charge in [-0.3, -0.25) is 0 Å². The van der Waals surface area contributed by atoms with Gasteiger partial charge in [-0.1, -0.05) is 34.1 Å². The Hall–Kier alpha value is -0.0800. The molecule has 2 heteroatoms. The van der Waals surface area contributed by atoms with Crippen molar-refractivity contribution in [2.75, 3.05) is 6.61 Å². The monoisotopic (exact) mass is 241 g/mol. The van der Waals surface area contributed by atoms with E-state index in [2.05, 4.69) is 39.9 Å². The molecular formula is C15H31NO. The van der Waals surface area contributed by atoms with E-state index in [-0.39, 0.29) is 12.1 Å². The van der Waals surface area contributed by atoms with Crippen molar-refractivity contribution >= 4 is 0 Å². The van der Waals surface area contributed by atoms with Gasteiger partial charge in [-0.25, -0.2) is 0 Å². The third kappa shape index (κ3) is 3.45. The molecule has 0 heterocycles. The first-order valence-corrected chi connectivity index (χ1v) is 7.33. The molecule has 17 heavy (non-hydrogen) atoms. The fraction of sp³-hybridized carbons (Fsp3) is 1.00. The van der Waals surface area contributed by atoms with Crippen LogP contribution in [0.4, 0.5) is 0 Å². The Morgan fingerprint density at radius 2 is 1.94 bits per heavy atom. The largest absolute Gasteiger partial charge is 0.394 e. The van der Waals surface area contributed by atoms with Crippen LogP contribution in [-0.4, -0.2) is 23.3 Å². The molecule has 1 rings (SSSR count). The first kappa shape index (κ1) is 15.0. The van der Waals surface area contributed by atoms with Gasteiger partial charge in [0.2, 0.25) is 0 Å². The number of nitrogens with one attached hydrogen (secondary N) is 1. The van der Waals surface area contributed by atoms with E-state index in [1.807, 2.05) is 0 Å². The van der Waals surface area contributed by atoms with Crippen LogP contribution in [0, 0.1) is 17.8 Å². The van der Waals surface area contributed by atoms with Gasteiger partial charge in [0.05, 0.1) is 6.61 Å². The zero-order valence-corrected chi connectivity index (χ0v) is 12.3. The summed E-state index contributed by atoms with van der Waals surface area (Å²) in [5.41, 5.74) is -0.0404. The number of hydrogen-bond donors (Lipinski definition) is 2. The number of hydrogen-bond acceptors (Lipinski definition) is 2. The van der Waals surface area contributed by atoms with Gasteiger partial charge in [-0.05, 0) is 43.9 Å². The summed E-state index contributed by atoms with van der Waals surface area (Å²) in [6.45, 7) is 11.6. The normalized spacial score (nSPS) is 36.2. The van der Waals surface area contributed by atoms with E-state index >= 15 is 0 Å². The minimum Gasteiger partial charge on any atom is -0.394 e. The predicted molar refractivity (Wildman–Crippen MR) is 74.0 cm³/mol. The van der Waals surface area contributed by atoms with Crippen LogP contribution >= 0.6 is 0 Å². The summed E-state index contributed by atoms with van der Waals surface area (Å²) in [6, 6.07) is 0.494. The summed E-state index contributed by atoms with van der Waals surface area (Å²) in [6.07, 6.45) is 4.81. The lowest BCUT2D eigenvalue weighted by atomic mass is 9.65. The summed E-state index contributed by atoms with van der Waals surface area (Å²) in [5.74, 6) is 1.98. The van der Waals surface area contributed by atoms with Crippen molar-refractivity contribution in [1.82, 2.24) is 5.32 Å². The van der Waals surface area contributed by atoms with Crippen LogP contribution in [0.5, 0.6) is 0 Å². The van der Waals surface area contributed by atoms with Crippen LogP contribution in [-0.2, 0) is 0 Å². The smallest absolute Gasteiger partial charge is 0.0616 e. The van der Waals surface area contributed by atoms with Gasteiger partial charge in [0, 0.05) is 11.6 Å². The third-order valence-corrected chi connectivity index (χ3v) is 4.63. The highest BCUT2D eigenvalue weighted by Gasteiger charge is 2.44. The van der Waals surface area contributed by atoms with Crippen molar-refractivity contribution in [1.29, 1.82) is 0 Å². The fourth-order valence-corrected chi connectivity index (χ4v) is 3.57. The molecular weight excluding hydrogens is 210 g/mol. The molecule has 1 aliphatic rings. The molecule has 0 aliphatic heterocycles. The van der Waals surface area contributed by atoms with Crippen molar-refractivity contribution in [3.8, 4) is 0 Å². The molecule has 0 radical (unpaired) electrons. The van der Waals surface area contributed by atoms with Crippen molar-refractivity contribution < 1.29 is 5.11 Å². The van der Waals surface area contributed by atoms with Gasteiger partial charge in [-0.15, -0.1) is 0 Å². The van der Waals surface area contributed by atoms with Gasteiger partial charge in [0.1, 0.15) is 0 Å². The zero-order valence-electron chi connectivity index (χ0n) is 12.3. The summed E-state index contributed by atoms with van der Waals surface area (Å²) >= 11 is 0. The molecule has 1 fully saturated rings. The Labute approximate surface area is 107 Å². The molecule has 102 valence electrons. The summed E-state index contributed by atoms with van der Waals surface area (Å²) in [5, 5.41) is 13.7. The van der Waals surface area contributed by atoms with Crippen LogP contribution in [0.3, 0.4) is 0 Å². The van der Waals surface area contributed by atoms with Crippen molar-refractivity contribution in [3.05, 3.63) is 0 Å². The van der Waals surface area contributed by atoms with Crippen LogP contribution in [0.1, 0.15) is 60.3 Å². The molecule has 2 N–H and O–H groups in total. The number of aliphatic hydroxyl groups is 1. The maximum Gasteiger partial charge on any atom is 0.0616 e. The Balaban J connectivity index is 2.87. The SMILES string of the molecule is CCC(C)NC1(CO)CC(C)CCC1C(C)C. The van der Waals surface area contributed by atoms with Crippen LogP contribution < -0.4 is 5.32 Å². The van der Waals surface area contributed by atoms with E-state index in [9.17, 15) is 5.11 Å².